The van der Waals surface area contributed by atoms with Crippen molar-refractivity contribution in [2.24, 2.45) is 0 Å². The first-order valence-electron chi connectivity index (χ1n) is 6.22. The quantitative estimate of drug-likeness (QED) is 0.0949. The first kappa shape index (κ1) is 48.6. The van der Waals surface area contributed by atoms with Gasteiger partial charge in [-0.15, -0.1) is 0 Å². The van der Waals surface area contributed by atoms with E-state index in [9.17, 15) is 19.2 Å². The Morgan fingerprint density at radius 1 is 0.600 bits per heavy atom. The van der Waals surface area contributed by atoms with Crippen LogP contribution in [0.4, 0.5) is 0 Å². The average Bonchev–Trinajstić information content (AvgIpc) is 2.30. The minimum atomic E-state index is -4.67. The van der Waals surface area contributed by atoms with E-state index in [0.717, 1.165) is 9.80 Å². The van der Waals surface area contributed by atoms with E-state index in [-0.39, 0.29) is 126 Å². The van der Waals surface area contributed by atoms with E-state index >= 15 is 0 Å². The number of carboxylic acid groups (broad SMARTS) is 4. The first-order valence-corrected chi connectivity index (χ1v) is 7.62. The largest absolute Gasteiger partial charge is 1.00 e. The smallest absolute Gasteiger partial charge is 1.00 e. The van der Waals surface area contributed by atoms with Gasteiger partial charge in [0.05, 0.1) is 26.2 Å². The van der Waals surface area contributed by atoms with Crippen LogP contribution < -0.4 is 59.1 Å². The fraction of sp³-hybridized carbons (Fsp3) is 0.600. The summed E-state index contributed by atoms with van der Waals surface area (Å²) in [5, 5.41) is 34.5. The predicted octanol–water partition coefficient (Wildman–Crippen LogP) is -8.50. The summed E-state index contributed by atoms with van der Waals surface area (Å²) in [6.07, 6.45) is 0. The summed E-state index contributed by atoms with van der Waals surface area (Å²) in [6, 6.07) is 0. The average molecular weight is 606 g/mol. The zero-order valence-electron chi connectivity index (χ0n) is 17.7. The molecule has 0 bridgehead atoms. The van der Waals surface area contributed by atoms with Crippen molar-refractivity contribution in [3.05, 3.63) is 0 Å². The molecule has 0 aliphatic heterocycles. The normalized spacial score (nSPS) is 9.07. The maximum absolute atomic E-state index is 10.6. The molecule has 0 aromatic carbocycles. The summed E-state index contributed by atoms with van der Waals surface area (Å²) in [5.41, 5.74) is 0. The second kappa shape index (κ2) is 26.5. The molecule has 0 amide bonds. The molecule has 0 heterocycles. The van der Waals surface area contributed by atoms with Crippen molar-refractivity contribution in [3.63, 3.8) is 0 Å². The summed E-state index contributed by atoms with van der Waals surface area (Å²) >= 11 is 0. The van der Waals surface area contributed by atoms with Gasteiger partial charge < -0.3 is 23.3 Å². The summed E-state index contributed by atoms with van der Waals surface area (Å²) < 4.78 is 31.6. The van der Waals surface area contributed by atoms with Gasteiger partial charge in [-0.3, -0.25) is 38.1 Å². The standard InChI is InChI=1S/C10H16N2O8.3Fe.2Na.H2O4S.2H/c13-7(14)3-11(4-8(15)16)1-2-12(5-9(17)18)6-10(19)20;;;;;;1-5(2,3)4;;/h1-6H2,(H,13,14)(H,15,16)(H,17,18)(H,19,20);;;;;;(H2,1,2,3,4);;/q;;;;2*+1;;2*-1. The molecule has 0 unspecified atom stereocenters. The molecule has 0 saturated carbocycles. The van der Waals surface area contributed by atoms with Gasteiger partial charge in [-0.2, -0.15) is 8.42 Å². The van der Waals surface area contributed by atoms with Crippen LogP contribution in [0.25, 0.3) is 0 Å². The monoisotopic (exact) mass is 606 g/mol. The summed E-state index contributed by atoms with van der Waals surface area (Å²) in [6.45, 7) is -2.25. The van der Waals surface area contributed by atoms with E-state index in [0.29, 0.717) is 0 Å². The van der Waals surface area contributed by atoms with E-state index in [4.69, 9.17) is 37.9 Å². The number of rotatable bonds is 11. The molecule has 0 aliphatic rings. The molecule has 0 spiro atoms. The molecule has 14 nitrogen and oxygen atoms in total. The van der Waals surface area contributed by atoms with Crippen LogP contribution >= 0.6 is 0 Å². The molecule has 30 heavy (non-hydrogen) atoms. The van der Waals surface area contributed by atoms with Crippen LogP contribution in [0.1, 0.15) is 2.85 Å². The van der Waals surface area contributed by atoms with Crippen molar-refractivity contribution in [2.75, 3.05) is 39.3 Å². The van der Waals surface area contributed by atoms with Gasteiger partial charge in [0.1, 0.15) is 0 Å². The van der Waals surface area contributed by atoms with Crippen LogP contribution in [0.3, 0.4) is 0 Å². The molecule has 20 heteroatoms. The van der Waals surface area contributed by atoms with E-state index in [1.54, 1.807) is 0 Å². The molecule has 0 radical (unpaired) electrons. The van der Waals surface area contributed by atoms with Crippen molar-refractivity contribution >= 4 is 34.3 Å². The van der Waals surface area contributed by atoms with E-state index in [1.165, 1.54) is 0 Å². The Morgan fingerprint density at radius 2 is 0.733 bits per heavy atom. The van der Waals surface area contributed by atoms with Gasteiger partial charge in [-0.25, -0.2) is 0 Å². The Hall–Kier alpha value is 1.23. The molecule has 0 saturated heterocycles. The molecular formula is C10H20Fe3N2Na2O12S. The van der Waals surface area contributed by atoms with Crippen LogP contribution in [0, 0.1) is 0 Å². The number of aliphatic carboxylic acids is 4. The maximum atomic E-state index is 10.6. The number of carbonyl (C=O) groups is 4. The third kappa shape index (κ3) is 47.1. The van der Waals surface area contributed by atoms with Gasteiger partial charge in [-0.05, 0) is 0 Å². The van der Waals surface area contributed by atoms with Crippen LogP contribution in [0.2, 0.25) is 0 Å². The van der Waals surface area contributed by atoms with Gasteiger partial charge in [0.25, 0.3) is 0 Å². The maximum Gasteiger partial charge on any atom is 1.00 e. The third-order valence-corrected chi connectivity index (χ3v) is 2.17. The predicted molar refractivity (Wildman–Crippen MR) is 79.8 cm³/mol. The zero-order chi connectivity index (χ0) is 20.2. The second-order valence-corrected chi connectivity index (χ2v) is 5.34. The topological polar surface area (TPSA) is 230 Å². The van der Waals surface area contributed by atoms with Crippen LogP contribution in [-0.4, -0.2) is 111 Å². The van der Waals surface area contributed by atoms with Gasteiger partial charge in [0.15, 0.2) is 0 Å². The molecule has 0 atom stereocenters. The minimum Gasteiger partial charge on any atom is -1.00 e. The zero-order valence-corrected chi connectivity index (χ0v) is 23.9. The van der Waals surface area contributed by atoms with Crippen molar-refractivity contribution in [1.82, 2.24) is 9.80 Å². The van der Waals surface area contributed by atoms with E-state index in [2.05, 4.69) is 0 Å². The molecule has 6 N–H and O–H groups in total. The number of hydrogen-bond acceptors (Lipinski definition) is 8. The van der Waals surface area contributed by atoms with Gasteiger partial charge in [0.2, 0.25) is 0 Å². The van der Waals surface area contributed by atoms with Gasteiger partial charge in [0, 0.05) is 64.3 Å². The number of nitrogens with zero attached hydrogens (tertiary/aromatic N) is 2. The van der Waals surface area contributed by atoms with Crippen LogP contribution in [0.5, 0.6) is 0 Å². The molecular weight excluding hydrogens is 586 g/mol. The minimum absolute atomic E-state index is 0. The Morgan fingerprint density at radius 3 is 0.833 bits per heavy atom. The SMILES string of the molecule is O=C(O)CN(CCN(CC(=O)O)CC(=O)O)CC(=O)O.O=S(=O)(O)O.[Fe].[Fe].[Fe].[H-].[H-].[Na+].[Na+]. The number of hydrogen-bond donors (Lipinski definition) is 6. The van der Waals surface area contributed by atoms with Crippen molar-refractivity contribution in [1.29, 1.82) is 0 Å². The van der Waals surface area contributed by atoms with Gasteiger partial charge >= 0.3 is 93.4 Å². The Labute approximate surface area is 251 Å². The van der Waals surface area contributed by atoms with Crippen molar-refractivity contribution < 1.29 is 170 Å². The van der Waals surface area contributed by atoms with E-state index in [1.807, 2.05) is 0 Å². The third-order valence-electron chi connectivity index (χ3n) is 2.17. The summed E-state index contributed by atoms with van der Waals surface area (Å²) in [7, 11) is -4.67. The van der Waals surface area contributed by atoms with Crippen molar-refractivity contribution in [2.45, 2.75) is 0 Å². The molecule has 0 aliphatic carbocycles. The molecule has 0 aromatic heterocycles. The fourth-order valence-electron chi connectivity index (χ4n) is 1.48. The first-order chi connectivity index (χ1) is 11.2. The summed E-state index contributed by atoms with van der Waals surface area (Å²) in [5.74, 6) is -4.91. The van der Waals surface area contributed by atoms with Crippen LogP contribution in [0.15, 0.2) is 0 Å². The molecule has 0 aromatic rings. The Kier molecular flexibility index (Phi) is 42.9. The Bertz CT molecular complexity index is 534. The molecule has 0 fully saturated rings. The van der Waals surface area contributed by atoms with E-state index < -0.39 is 60.5 Å². The number of carboxylic acids is 4. The Balaban J connectivity index is -0.0000000569. The van der Waals surface area contributed by atoms with Crippen molar-refractivity contribution in [3.8, 4) is 0 Å². The summed E-state index contributed by atoms with van der Waals surface area (Å²) in [4.78, 5) is 44.4. The second-order valence-electron chi connectivity index (χ2n) is 4.44. The molecule has 174 valence electrons. The fourth-order valence-corrected chi connectivity index (χ4v) is 1.48. The van der Waals surface area contributed by atoms with Crippen LogP contribution in [-0.2, 0) is 80.8 Å². The van der Waals surface area contributed by atoms with Gasteiger partial charge in [-0.1, -0.05) is 0 Å². The molecule has 0 rings (SSSR count).